The molecule has 0 aromatic rings. The molecule has 18 heavy (non-hydrogen) atoms. The van der Waals surface area contributed by atoms with Crippen molar-refractivity contribution in [3.05, 3.63) is 0 Å². The fourth-order valence-corrected chi connectivity index (χ4v) is 2.98. The summed E-state index contributed by atoms with van der Waals surface area (Å²) in [7, 11) is 0. The van der Waals surface area contributed by atoms with Crippen molar-refractivity contribution < 1.29 is 14.4 Å². The number of nitrogens with zero attached hydrogens (tertiary/aromatic N) is 1. The SMILES string of the molecule is CCN1C(=O)CC(SCC(N)C(=O)C(C)C)C1=O. The van der Waals surface area contributed by atoms with E-state index in [1.807, 2.05) is 0 Å². The molecule has 1 rings (SSSR count). The Morgan fingerprint density at radius 3 is 2.56 bits per heavy atom. The Labute approximate surface area is 111 Å². The van der Waals surface area contributed by atoms with Crippen LogP contribution in [0.5, 0.6) is 0 Å². The van der Waals surface area contributed by atoms with Gasteiger partial charge in [-0.1, -0.05) is 13.8 Å². The van der Waals surface area contributed by atoms with Gasteiger partial charge in [-0.05, 0) is 6.92 Å². The first-order valence-corrected chi connectivity index (χ1v) is 7.18. The molecule has 2 amide bonds. The number of thioether (sulfide) groups is 1. The third-order valence-corrected chi connectivity index (χ3v) is 4.25. The van der Waals surface area contributed by atoms with Crippen LogP contribution in [0.25, 0.3) is 0 Å². The summed E-state index contributed by atoms with van der Waals surface area (Å²) in [5, 5.41) is -0.372. The first kappa shape index (κ1) is 15.2. The van der Waals surface area contributed by atoms with Crippen molar-refractivity contribution in [2.45, 2.75) is 38.5 Å². The highest BCUT2D eigenvalue weighted by atomic mass is 32.2. The highest BCUT2D eigenvalue weighted by Gasteiger charge is 2.38. The molecule has 0 saturated carbocycles. The van der Waals surface area contributed by atoms with Gasteiger partial charge in [-0.25, -0.2) is 0 Å². The summed E-state index contributed by atoms with van der Waals surface area (Å²) in [6.45, 7) is 5.79. The Hall–Kier alpha value is -0.880. The minimum Gasteiger partial charge on any atom is -0.321 e. The average molecular weight is 272 g/mol. The predicted octanol–water partition coefficient (Wildman–Crippen LogP) is 0.419. The van der Waals surface area contributed by atoms with Crippen LogP contribution in [0.3, 0.4) is 0 Å². The predicted molar refractivity (Wildman–Crippen MR) is 71.1 cm³/mol. The topological polar surface area (TPSA) is 80.5 Å². The number of likely N-dealkylation sites (tertiary alicyclic amines) is 1. The van der Waals surface area contributed by atoms with Gasteiger partial charge in [-0.15, -0.1) is 11.8 Å². The van der Waals surface area contributed by atoms with E-state index in [0.717, 1.165) is 0 Å². The van der Waals surface area contributed by atoms with Crippen molar-refractivity contribution >= 4 is 29.4 Å². The second-order valence-corrected chi connectivity index (χ2v) is 5.90. The van der Waals surface area contributed by atoms with E-state index in [0.29, 0.717) is 12.3 Å². The molecule has 5 nitrogen and oxygen atoms in total. The Bertz CT molecular complexity index is 357. The zero-order valence-electron chi connectivity index (χ0n) is 11.0. The Balaban J connectivity index is 2.48. The van der Waals surface area contributed by atoms with Gasteiger partial charge < -0.3 is 5.73 Å². The molecule has 1 aliphatic heterocycles. The van der Waals surface area contributed by atoms with Crippen LogP contribution in [0.1, 0.15) is 27.2 Å². The molecular formula is C12H20N2O3S. The minimum atomic E-state index is -0.562. The number of hydrogen-bond donors (Lipinski definition) is 1. The number of ketones is 1. The van der Waals surface area contributed by atoms with Crippen LogP contribution in [-0.4, -0.2) is 46.1 Å². The lowest BCUT2D eigenvalue weighted by Gasteiger charge is -2.15. The zero-order chi connectivity index (χ0) is 13.9. The van der Waals surface area contributed by atoms with Crippen molar-refractivity contribution in [2.24, 2.45) is 11.7 Å². The van der Waals surface area contributed by atoms with Crippen LogP contribution in [0.2, 0.25) is 0 Å². The van der Waals surface area contributed by atoms with Gasteiger partial charge in [0, 0.05) is 24.6 Å². The molecule has 0 aliphatic carbocycles. The van der Waals surface area contributed by atoms with E-state index in [1.165, 1.54) is 16.7 Å². The van der Waals surface area contributed by atoms with E-state index in [1.54, 1.807) is 20.8 Å². The van der Waals surface area contributed by atoms with Gasteiger partial charge in [0.1, 0.15) is 0 Å². The smallest absolute Gasteiger partial charge is 0.242 e. The molecule has 2 N–H and O–H groups in total. The number of carbonyl (C=O) groups excluding carboxylic acids is 3. The largest absolute Gasteiger partial charge is 0.321 e. The van der Waals surface area contributed by atoms with Crippen LogP contribution in [0, 0.1) is 5.92 Å². The lowest BCUT2D eigenvalue weighted by atomic mass is 10.0. The lowest BCUT2D eigenvalue weighted by molar-refractivity contribution is -0.138. The molecule has 0 spiro atoms. The van der Waals surface area contributed by atoms with Crippen LogP contribution >= 0.6 is 11.8 Å². The van der Waals surface area contributed by atoms with E-state index in [4.69, 9.17) is 5.73 Å². The molecule has 0 aromatic carbocycles. The summed E-state index contributed by atoms with van der Waals surface area (Å²) < 4.78 is 0. The van der Waals surface area contributed by atoms with E-state index in [9.17, 15) is 14.4 Å². The van der Waals surface area contributed by atoms with Gasteiger partial charge in [0.25, 0.3) is 0 Å². The molecule has 102 valence electrons. The van der Waals surface area contributed by atoms with E-state index in [2.05, 4.69) is 0 Å². The second kappa shape index (κ2) is 6.33. The molecule has 2 atom stereocenters. The maximum Gasteiger partial charge on any atom is 0.242 e. The molecule has 2 unspecified atom stereocenters. The summed E-state index contributed by atoms with van der Waals surface area (Å²) in [6.07, 6.45) is 0.222. The zero-order valence-corrected chi connectivity index (χ0v) is 11.8. The van der Waals surface area contributed by atoms with Crippen LogP contribution in [0.4, 0.5) is 0 Å². The number of hydrogen-bond acceptors (Lipinski definition) is 5. The van der Waals surface area contributed by atoms with Gasteiger partial charge >= 0.3 is 0 Å². The van der Waals surface area contributed by atoms with E-state index >= 15 is 0 Å². The van der Waals surface area contributed by atoms with Gasteiger partial charge in [-0.2, -0.15) is 0 Å². The number of rotatable bonds is 6. The maximum atomic E-state index is 11.8. The van der Waals surface area contributed by atoms with Crippen molar-refractivity contribution in [3.8, 4) is 0 Å². The highest BCUT2D eigenvalue weighted by molar-refractivity contribution is 8.00. The second-order valence-electron chi connectivity index (χ2n) is 4.67. The molecule has 0 bridgehead atoms. The maximum absolute atomic E-state index is 11.8. The molecule has 0 radical (unpaired) electrons. The van der Waals surface area contributed by atoms with Crippen molar-refractivity contribution in [1.82, 2.24) is 4.90 Å². The normalized spacial score (nSPS) is 21.8. The van der Waals surface area contributed by atoms with Crippen molar-refractivity contribution in [3.63, 3.8) is 0 Å². The third-order valence-electron chi connectivity index (χ3n) is 2.93. The number of nitrogens with two attached hydrogens (primary N) is 1. The van der Waals surface area contributed by atoms with Crippen LogP contribution in [-0.2, 0) is 14.4 Å². The number of Topliss-reactive ketones (excluding diaryl/α,β-unsaturated/α-hetero) is 1. The minimum absolute atomic E-state index is 0.00776. The quantitative estimate of drug-likeness (QED) is 0.709. The summed E-state index contributed by atoms with van der Waals surface area (Å²) in [5.74, 6) is -0.0149. The fourth-order valence-electron chi connectivity index (χ4n) is 1.85. The molecule has 1 saturated heterocycles. The monoisotopic (exact) mass is 272 g/mol. The van der Waals surface area contributed by atoms with Gasteiger partial charge in [0.05, 0.1) is 11.3 Å². The number of imide groups is 1. The van der Waals surface area contributed by atoms with Crippen LogP contribution in [0.15, 0.2) is 0 Å². The molecule has 6 heteroatoms. The number of amides is 2. The standard InChI is InChI=1S/C12H20N2O3S/c1-4-14-10(15)5-9(12(14)17)18-6-8(13)11(16)7(2)3/h7-9H,4-6,13H2,1-3H3. The van der Waals surface area contributed by atoms with Gasteiger partial charge in [0.15, 0.2) is 5.78 Å². The lowest BCUT2D eigenvalue weighted by Crippen LogP contribution is -2.37. The first-order valence-electron chi connectivity index (χ1n) is 6.13. The molecule has 0 aromatic heterocycles. The Morgan fingerprint density at radius 1 is 1.50 bits per heavy atom. The fraction of sp³-hybridized carbons (Fsp3) is 0.750. The van der Waals surface area contributed by atoms with Crippen molar-refractivity contribution in [1.29, 1.82) is 0 Å². The molecule has 1 aliphatic rings. The molecule has 1 fully saturated rings. The van der Waals surface area contributed by atoms with E-state index in [-0.39, 0.29) is 35.2 Å². The first-order chi connectivity index (χ1) is 8.38. The summed E-state index contributed by atoms with van der Waals surface area (Å²) in [5.41, 5.74) is 5.76. The summed E-state index contributed by atoms with van der Waals surface area (Å²) in [4.78, 5) is 36.2. The van der Waals surface area contributed by atoms with Gasteiger partial charge in [0.2, 0.25) is 11.8 Å². The molecular weight excluding hydrogens is 252 g/mol. The third kappa shape index (κ3) is 3.32. The Kier molecular flexibility index (Phi) is 5.34. The van der Waals surface area contributed by atoms with Gasteiger partial charge in [-0.3, -0.25) is 19.3 Å². The number of carbonyl (C=O) groups is 3. The summed E-state index contributed by atoms with van der Waals surface area (Å²) in [6, 6.07) is -0.562. The molecule has 1 heterocycles. The van der Waals surface area contributed by atoms with Crippen LogP contribution < -0.4 is 5.73 Å². The summed E-state index contributed by atoms with van der Waals surface area (Å²) >= 11 is 1.31. The average Bonchev–Trinajstić information content (AvgIpc) is 2.59. The Morgan fingerprint density at radius 2 is 2.11 bits per heavy atom. The van der Waals surface area contributed by atoms with E-state index < -0.39 is 6.04 Å². The van der Waals surface area contributed by atoms with Crippen molar-refractivity contribution in [2.75, 3.05) is 12.3 Å². The highest BCUT2D eigenvalue weighted by Crippen LogP contribution is 2.25.